The van der Waals surface area contributed by atoms with Crippen molar-refractivity contribution in [2.45, 2.75) is 45.8 Å². The summed E-state index contributed by atoms with van der Waals surface area (Å²) < 4.78 is 27.8. The highest BCUT2D eigenvalue weighted by Gasteiger charge is 2.53. The molecule has 2 aliphatic heterocycles. The first-order chi connectivity index (χ1) is 14.0. The number of allylic oxidation sites excluding steroid dienone is 3. The van der Waals surface area contributed by atoms with Gasteiger partial charge in [0.1, 0.15) is 11.6 Å². The summed E-state index contributed by atoms with van der Waals surface area (Å²) in [5.74, 6) is -1.91. The van der Waals surface area contributed by atoms with E-state index in [0.29, 0.717) is 11.3 Å². The number of nitrogens with zero attached hydrogens (tertiary/aromatic N) is 2. The van der Waals surface area contributed by atoms with Crippen LogP contribution in [0.15, 0.2) is 42.3 Å². The maximum absolute atomic E-state index is 14.3. The van der Waals surface area contributed by atoms with Gasteiger partial charge in [-0.25, -0.2) is 9.18 Å². The number of anilines is 1. The molecule has 1 atom stereocenters. The smallest absolute Gasteiger partial charge is 0.399 e. The topological polar surface area (TPSA) is 58.9 Å². The molecule has 2 heterocycles. The number of urea groups is 1. The van der Waals surface area contributed by atoms with Crippen LogP contribution in [-0.4, -0.2) is 47.6 Å². The molecule has 0 N–H and O–H groups in total. The quantitative estimate of drug-likeness (QED) is 0.555. The number of carbonyl (C=O) groups is 2. The third-order valence-corrected chi connectivity index (χ3v) is 6.51. The Morgan fingerprint density at radius 3 is 2.40 bits per heavy atom. The lowest BCUT2D eigenvalue weighted by Crippen LogP contribution is -2.55. The lowest BCUT2D eigenvalue weighted by atomic mass is 9.75. The van der Waals surface area contributed by atoms with Gasteiger partial charge in [-0.1, -0.05) is 24.3 Å². The zero-order chi connectivity index (χ0) is 22.0. The highest BCUT2D eigenvalue weighted by molar-refractivity contribution is 6.62. The molecule has 1 aliphatic carbocycles. The number of imide groups is 1. The molecule has 6 nitrogen and oxygen atoms in total. The van der Waals surface area contributed by atoms with Gasteiger partial charge >= 0.3 is 19.1 Å². The number of halogens is 1. The number of amides is 3. The van der Waals surface area contributed by atoms with Crippen LogP contribution in [0, 0.1) is 12.8 Å². The van der Waals surface area contributed by atoms with Gasteiger partial charge in [0.2, 0.25) is 0 Å². The Morgan fingerprint density at radius 1 is 1.13 bits per heavy atom. The molecule has 4 rings (SSSR count). The molecule has 3 aliphatic rings. The van der Waals surface area contributed by atoms with Crippen molar-refractivity contribution in [3.8, 4) is 0 Å². The Balaban J connectivity index is 1.77. The van der Waals surface area contributed by atoms with Crippen molar-refractivity contribution in [1.82, 2.24) is 0 Å². The molecule has 0 bridgehead atoms. The maximum Gasteiger partial charge on any atom is 0.506 e. The lowest BCUT2D eigenvalue weighted by Gasteiger charge is -2.32. The lowest BCUT2D eigenvalue weighted by molar-refractivity contribution is -0.395. The molecule has 1 saturated heterocycles. The molecule has 3 amide bonds. The number of fused-ring (bicyclic) bond motifs is 1. The van der Waals surface area contributed by atoms with Crippen LogP contribution in [0.3, 0.4) is 0 Å². The van der Waals surface area contributed by atoms with Gasteiger partial charge in [-0.05, 0) is 57.8 Å². The van der Waals surface area contributed by atoms with E-state index in [1.54, 1.807) is 18.2 Å². The third-order valence-electron chi connectivity index (χ3n) is 6.51. The molecule has 0 saturated carbocycles. The Bertz CT molecular complexity index is 1040. The van der Waals surface area contributed by atoms with Gasteiger partial charge in [0.15, 0.2) is 11.5 Å². The predicted molar refractivity (Wildman–Crippen MR) is 113 cm³/mol. The van der Waals surface area contributed by atoms with Crippen LogP contribution >= 0.6 is 0 Å². The fourth-order valence-electron chi connectivity index (χ4n) is 3.96. The largest absolute Gasteiger partial charge is 0.506 e. The SMILES string of the molecule is Cc1c(B2OC(C)(C)C(C)(C)O2)cccc1N1C(=O)C2C=CC=C(F)C2=[N+](C)C1=O. The fraction of sp³-hybridized carbons (Fsp3) is 0.409. The maximum atomic E-state index is 14.3. The van der Waals surface area contributed by atoms with Crippen LogP contribution in [0.1, 0.15) is 33.3 Å². The van der Waals surface area contributed by atoms with Crippen molar-refractivity contribution < 1.29 is 27.9 Å². The molecule has 8 heteroatoms. The van der Waals surface area contributed by atoms with E-state index < -0.39 is 42.0 Å². The van der Waals surface area contributed by atoms with Crippen LogP contribution in [-0.2, 0) is 14.1 Å². The van der Waals surface area contributed by atoms with Crippen molar-refractivity contribution in [3.05, 3.63) is 47.8 Å². The van der Waals surface area contributed by atoms with Crippen LogP contribution in [0.4, 0.5) is 14.9 Å². The Morgan fingerprint density at radius 2 is 1.77 bits per heavy atom. The summed E-state index contributed by atoms with van der Waals surface area (Å²) in [5.41, 5.74) is 0.921. The van der Waals surface area contributed by atoms with E-state index >= 15 is 0 Å². The van der Waals surface area contributed by atoms with Crippen molar-refractivity contribution >= 4 is 35.9 Å². The molecule has 0 radical (unpaired) electrons. The van der Waals surface area contributed by atoms with E-state index in [1.807, 2.05) is 40.7 Å². The van der Waals surface area contributed by atoms with Gasteiger partial charge in [-0.15, -0.1) is 4.90 Å². The van der Waals surface area contributed by atoms with E-state index in [1.165, 1.54) is 23.8 Å². The van der Waals surface area contributed by atoms with Crippen molar-refractivity contribution in [1.29, 1.82) is 0 Å². The summed E-state index contributed by atoms with van der Waals surface area (Å²) in [4.78, 5) is 27.4. The molecule has 1 aromatic carbocycles. The van der Waals surface area contributed by atoms with Crippen LogP contribution in [0.25, 0.3) is 0 Å². The van der Waals surface area contributed by atoms with E-state index in [4.69, 9.17) is 9.31 Å². The average Bonchev–Trinajstić information content (AvgIpc) is 2.88. The van der Waals surface area contributed by atoms with Crippen molar-refractivity contribution in [2.24, 2.45) is 5.92 Å². The average molecular weight is 411 g/mol. The molecular formula is C22H25BFN2O4+. The number of carbonyl (C=O) groups excluding carboxylic acids is 2. The van der Waals surface area contributed by atoms with Crippen LogP contribution in [0.2, 0.25) is 0 Å². The summed E-state index contributed by atoms with van der Waals surface area (Å²) in [7, 11) is 0.851. The summed E-state index contributed by atoms with van der Waals surface area (Å²) in [6.07, 6.45) is 4.35. The summed E-state index contributed by atoms with van der Waals surface area (Å²) in [5, 5.41) is 0. The second-order valence-electron chi connectivity index (χ2n) is 8.86. The van der Waals surface area contributed by atoms with Crippen molar-refractivity contribution in [2.75, 3.05) is 11.9 Å². The number of benzene rings is 1. The van der Waals surface area contributed by atoms with Gasteiger partial charge in [0.05, 0.1) is 18.2 Å². The molecule has 1 fully saturated rings. The molecule has 0 aromatic heterocycles. The van der Waals surface area contributed by atoms with Gasteiger partial charge in [0, 0.05) is 0 Å². The predicted octanol–water partition coefficient (Wildman–Crippen LogP) is 2.88. The summed E-state index contributed by atoms with van der Waals surface area (Å²) in [6, 6.07) is 4.74. The highest BCUT2D eigenvalue weighted by atomic mass is 19.1. The minimum absolute atomic E-state index is 0.0727. The minimum Gasteiger partial charge on any atom is -0.399 e. The number of hydrogen-bond donors (Lipinski definition) is 0. The molecule has 30 heavy (non-hydrogen) atoms. The zero-order valence-corrected chi connectivity index (χ0v) is 18.0. The van der Waals surface area contributed by atoms with Crippen LogP contribution in [0.5, 0.6) is 0 Å². The molecule has 156 valence electrons. The molecule has 1 aromatic rings. The van der Waals surface area contributed by atoms with Crippen LogP contribution < -0.4 is 10.4 Å². The van der Waals surface area contributed by atoms with E-state index in [-0.39, 0.29) is 5.71 Å². The monoisotopic (exact) mass is 411 g/mol. The Kier molecular flexibility index (Phi) is 4.63. The van der Waals surface area contributed by atoms with E-state index in [0.717, 1.165) is 10.4 Å². The highest BCUT2D eigenvalue weighted by Crippen LogP contribution is 2.37. The summed E-state index contributed by atoms with van der Waals surface area (Å²) >= 11 is 0. The second kappa shape index (κ2) is 6.72. The Labute approximate surface area is 175 Å². The first-order valence-electron chi connectivity index (χ1n) is 9.94. The molecular weight excluding hydrogens is 386 g/mol. The van der Waals surface area contributed by atoms with Crippen molar-refractivity contribution in [3.63, 3.8) is 0 Å². The third kappa shape index (κ3) is 2.89. The van der Waals surface area contributed by atoms with Gasteiger partial charge in [-0.2, -0.15) is 9.37 Å². The van der Waals surface area contributed by atoms with Gasteiger partial charge in [-0.3, -0.25) is 0 Å². The second-order valence-corrected chi connectivity index (χ2v) is 8.86. The first kappa shape index (κ1) is 20.7. The minimum atomic E-state index is -0.849. The van der Waals surface area contributed by atoms with Gasteiger partial charge < -0.3 is 9.31 Å². The number of hydrogen-bond acceptors (Lipinski definition) is 4. The van der Waals surface area contributed by atoms with E-state index in [9.17, 15) is 14.0 Å². The normalized spacial score (nSPS) is 25.0. The molecule has 0 spiro atoms. The summed E-state index contributed by atoms with van der Waals surface area (Å²) in [6.45, 7) is 9.69. The number of rotatable bonds is 2. The standard InChI is InChI=1S/C22H25BFN2O4/c1-13-15(23-29-21(2,3)22(4,5)30-23)10-8-12-17(13)26-19(27)14-9-7-11-16(24)18(14)25(6)20(26)28/h7-12,14H,1-6H3/q+1. The Hall–Kier alpha value is -2.58. The van der Waals surface area contributed by atoms with E-state index in [2.05, 4.69) is 0 Å². The first-order valence-corrected chi connectivity index (χ1v) is 9.94. The van der Waals surface area contributed by atoms with Gasteiger partial charge in [0.25, 0.3) is 0 Å². The zero-order valence-electron chi connectivity index (χ0n) is 18.0. The fourth-order valence-corrected chi connectivity index (χ4v) is 3.96. The molecule has 1 unspecified atom stereocenters.